The van der Waals surface area contributed by atoms with Crippen LogP contribution in [0.2, 0.25) is 5.02 Å². The quantitative estimate of drug-likeness (QED) is 0.564. The molecule has 4 rings (SSSR count). The van der Waals surface area contributed by atoms with E-state index in [9.17, 15) is 4.79 Å². The maximum absolute atomic E-state index is 12.2. The number of H-pyrrole nitrogens is 1. The number of hydrogen-bond acceptors (Lipinski definition) is 5. The molecule has 6 nitrogen and oxygen atoms in total. The zero-order valence-electron chi connectivity index (χ0n) is 13.1. The fourth-order valence-corrected chi connectivity index (χ4v) is 3.14. The fourth-order valence-electron chi connectivity index (χ4n) is 2.44. The summed E-state index contributed by atoms with van der Waals surface area (Å²) in [5.41, 5.74) is 3.82. The van der Waals surface area contributed by atoms with Crippen molar-refractivity contribution in [2.75, 3.05) is 5.32 Å². The highest BCUT2D eigenvalue weighted by atomic mass is 35.5. The number of amides is 1. The Morgan fingerprint density at radius 1 is 1.28 bits per heavy atom. The SMILES string of the molecule is Cc1cnc2nc(-c3cc(NC(=O)c4ccns4)ccc3Cl)[nH]c2c1. The van der Waals surface area contributed by atoms with Crippen LogP contribution in [0.5, 0.6) is 0 Å². The highest BCUT2D eigenvalue weighted by Gasteiger charge is 2.13. The van der Waals surface area contributed by atoms with E-state index in [4.69, 9.17) is 11.6 Å². The van der Waals surface area contributed by atoms with Crippen LogP contribution in [0.3, 0.4) is 0 Å². The summed E-state index contributed by atoms with van der Waals surface area (Å²) in [5, 5.41) is 3.37. The van der Waals surface area contributed by atoms with Crippen molar-refractivity contribution >= 4 is 45.9 Å². The lowest BCUT2D eigenvalue weighted by Crippen LogP contribution is -2.10. The van der Waals surface area contributed by atoms with Crippen LogP contribution in [0.4, 0.5) is 5.69 Å². The van der Waals surface area contributed by atoms with E-state index in [1.54, 1.807) is 36.7 Å². The van der Waals surface area contributed by atoms with Crippen LogP contribution in [0.15, 0.2) is 42.7 Å². The van der Waals surface area contributed by atoms with Gasteiger partial charge in [-0.3, -0.25) is 4.79 Å². The van der Waals surface area contributed by atoms with E-state index >= 15 is 0 Å². The van der Waals surface area contributed by atoms with Gasteiger partial charge in [-0.15, -0.1) is 0 Å². The molecule has 3 heterocycles. The van der Waals surface area contributed by atoms with E-state index in [0.29, 0.717) is 32.6 Å². The number of nitrogens with zero attached hydrogens (tertiary/aromatic N) is 3. The minimum Gasteiger partial charge on any atom is -0.337 e. The molecule has 0 spiro atoms. The van der Waals surface area contributed by atoms with Gasteiger partial charge >= 0.3 is 0 Å². The lowest BCUT2D eigenvalue weighted by atomic mass is 10.2. The number of benzene rings is 1. The van der Waals surface area contributed by atoms with Crippen molar-refractivity contribution in [3.63, 3.8) is 0 Å². The van der Waals surface area contributed by atoms with Crippen LogP contribution in [-0.4, -0.2) is 25.2 Å². The number of anilines is 1. The van der Waals surface area contributed by atoms with E-state index in [0.717, 1.165) is 22.6 Å². The molecule has 0 saturated carbocycles. The Balaban J connectivity index is 1.70. The second kappa shape index (κ2) is 6.27. The molecule has 3 aromatic heterocycles. The largest absolute Gasteiger partial charge is 0.337 e. The van der Waals surface area contributed by atoms with Gasteiger partial charge in [0, 0.05) is 23.6 Å². The molecule has 0 radical (unpaired) electrons. The molecule has 1 aromatic carbocycles. The van der Waals surface area contributed by atoms with Gasteiger partial charge in [0.05, 0.1) is 10.5 Å². The van der Waals surface area contributed by atoms with Gasteiger partial charge in [0.1, 0.15) is 10.7 Å². The average Bonchev–Trinajstić information content (AvgIpc) is 3.25. The summed E-state index contributed by atoms with van der Waals surface area (Å²) in [6.45, 7) is 1.97. The maximum Gasteiger partial charge on any atom is 0.267 e. The first-order chi connectivity index (χ1) is 12.1. The van der Waals surface area contributed by atoms with Crippen molar-refractivity contribution in [3.05, 3.63) is 58.2 Å². The van der Waals surface area contributed by atoms with Crippen molar-refractivity contribution in [2.24, 2.45) is 0 Å². The minimum absolute atomic E-state index is 0.210. The number of pyridine rings is 1. The topological polar surface area (TPSA) is 83.6 Å². The Morgan fingerprint density at radius 2 is 2.16 bits per heavy atom. The molecule has 0 unspecified atom stereocenters. The average molecular weight is 370 g/mol. The molecule has 0 aliphatic rings. The normalized spacial score (nSPS) is 11.0. The number of fused-ring (bicyclic) bond motifs is 1. The van der Waals surface area contributed by atoms with Gasteiger partial charge in [0.25, 0.3) is 5.91 Å². The zero-order chi connectivity index (χ0) is 17.4. The number of halogens is 1. The number of aromatic amines is 1. The van der Waals surface area contributed by atoms with E-state index in [2.05, 4.69) is 24.6 Å². The van der Waals surface area contributed by atoms with Gasteiger partial charge < -0.3 is 10.3 Å². The van der Waals surface area contributed by atoms with Crippen molar-refractivity contribution in [1.29, 1.82) is 0 Å². The van der Waals surface area contributed by atoms with Gasteiger partial charge in [-0.25, -0.2) is 14.3 Å². The minimum atomic E-state index is -0.210. The summed E-state index contributed by atoms with van der Waals surface area (Å²) in [4.78, 5) is 24.7. The Labute approximate surface area is 152 Å². The Kier molecular flexibility index (Phi) is 3.95. The van der Waals surface area contributed by atoms with Crippen LogP contribution >= 0.6 is 23.1 Å². The summed E-state index contributed by atoms with van der Waals surface area (Å²) in [7, 11) is 0. The van der Waals surface area contributed by atoms with Crippen molar-refractivity contribution in [2.45, 2.75) is 6.92 Å². The Hall–Kier alpha value is -2.77. The first kappa shape index (κ1) is 15.7. The molecule has 4 aromatic rings. The molecule has 8 heteroatoms. The molecule has 25 heavy (non-hydrogen) atoms. The van der Waals surface area contributed by atoms with Crippen molar-refractivity contribution in [1.82, 2.24) is 19.3 Å². The second-order valence-electron chi connectivity index (χ2n) is 5.49. The van der Waals surface area contributed by atoms with Crippen LogP contribution < -0.4 is 5.32 Å². The van der Waals surface area contributed by atoms with Crippen LogP contribution in [0, 0.1) is 6.92 Å². The number of rotatable bonds is 3. The first-order valence-electron chi connectivity index (χ1n) is 7.44. The zero-order valence-corrected chi connectivity index (χ0v) is 14.6. The third-order valence-electron chi connectivity index (χ3n) is 3.62. The first-order valence-corrected chi connectivity index (χ1v) is 8.59. The third-order valence-corrected chi connectivity index (χ3v) is 4.69. The summed E-state index contributed by atoms with van der Waals surface area (Å²) in [6.07, 6.45) is 3.36. The standard InChI is InChI=1S/C17H12ClN5OS/c1-9-6-13-16(19-8-9)23-15(22-13)11-7-10(2-3-12(11)18)21-17(24)14-4-5-20-25-14/h2-8H,1H3,(H,21,24)(H,19,22,23). The van der Waals surface area contributed by atoms with Gasteiger partial charge in [-0.1, -0.05) is 11.6 Å². The molecule has 0 aliphatic carbocycles. The summed E-state index contributed by atoms with van der Waals surface area (Å²) in [6, 6.07) is 8.90. The molecule has 124 valence electrons. The maximum atomic E-state index is 12.2. The molecule has 0 aliphatic heterocycles. The highest BCUT2D eigenvalue weighted by molar-refractivity contribution is 7.08. The number of aryl methyl sites for hydroxylation is 1. The van der Waals surface area contributed by atoms with E-state index < -0.39 is 0 Å². The van der Waals surface area contributed by atoms with Gasteiger partial charge in [-0.05, 0) is 54.4 Å². The summed E-state index contributed by atoms with van der Waals surface area (Å²) in [5.74, 6) is 0.393. The molecular weight excluding hydrogens is 358 g/mol. The summed E-state index contributed by atoms with van der Waals surface area (Å²) < 4.78 is 3.93. The fraction of sp³-hybridized carbons (Fsp3) is 0.0588. The number of carbonyl (C=O) groups excluding carboxylic acids is 1. The molecule has 0 fully saturated rings. The molecule has 0 atom stereocenters. The number of imidazole rings is 1. The highest BCUT2D eigenvalue weighted by Crippen LogP contribution is 2.30. The summed E-state index contributed by atoms with van der Waals surface area (Å²) >= 11 is 7.47. The molecular formula is C17H12ClN5OS. The lowest BCUT2D eigenvalue weighted by Gasteiger charge is -2.07. The molecule has 0 bridgehead atoms. The second-order valence-corrected chi connectivity index (χ2v) is 6.74. The van der Waals surface area contributed by atoms with E-state index in [-0.39, 0.29) is 5.91 Å². The Bertz CT molecular complexity index is 1070. The van der Waals surface area contributed by atoms with Crippen LogP contribution in [0.25, 0.3) is 22.6 Å². The van der Waals surface area contributed by atoms with Crippen LogP contribution in [-0.2, 0) is 0 Å². The predicted octanol–water partition coefficient (Wildman–Crippen LogP) is 4.30. The number of hydrogen-bond donors (Lipinski definition) is 2. The van der Waals surface area contributed by atoms with Crippen molar-refractivity contribution < 1.29 is 4.79 Å². The number of carbonyl (C=O) groups is 1. The lowest BCUT2D eigenvalue weighted by molar-refractivity contribution is 0.103. The van der Waals surface area contributed by atoms with Crippen molar-refractivity contribution in [3.8, 4) is 11.4 Å². The van der Waals surface area contributed by atoms with E-state index in [1.807, 2.05) is 13.0 Å². The smallest absolute Gasteiger partial charge is 0.267 e. The monoisotopic (exact) mass is 369 g/mol. The number of nitrogens with one attached hydrogen (secondary N) is 2. The molecule has 1 amide bonds. The molecule has 2 N–H and O–H groups in total. The Morgan fingerprint density at radius 3 is 2.96 bits per heavy atom. The number of aromatic nitrogens is 4. The van der Waals surface area contributed by atoms with Crippen LogP contribution in [0.1, 0.15) is 15.2 Å². The molecule has 0 saturated heterocycles. The van der Waals surface area contributed by atoms with Gasteiger partial charge in [0.15, 0.2) is 5.65 Å². The van der Waals surface area contributed by atoms with E-state index in [1.165, 1.54) is 0 Å². The van der Waals surface area contributed by atoms with Gasteiger partial charge in [0.2, 0.25) is 0 Å². The predicted molar refractivity (Wildman–Crippen MR) is 99.1 cm³/mol. The third kappa shape index (κ3) is 3.11. The van der Waals surface area contributed by atoms with Gasteiger partial charge in [-0.2, -0.15) is 0 Å².